The minimum atomic E-state index is -0.306. The lowest BCUT2D eigenvalue weighted by Gasteiger charge is -2.31. The van der Waals surface area contributed by atoms with Crippen molar-refractivity contribution in [2.45, 2.75) is 26.3 Å². The zero-order valence-electron chi connectivity index (χ0n) is 11.3. The second kappa shape index (κ2) is 6.12. The lowest BCUT2D eigenvalue weighted by atomic mass is 9.96. The van der Waals surface area contributed by atoms with Crippen molar-refractivity contribution in [3.05, 3.63) is 39.4 Å². The third kappa shape index (κ3) is 3.30. The van der Waals surface area contributed by atoms with Crippen LogP contribution < -0.4 is 5.73 Å². The van der Waals surface area contributed by atoms with Crippen LogP contribution in [0.25, 0.3) is 0 Å². The van der Waals surface area contributed by atoms with Crippen molar-refractivity contribution >= 4 is 5.69 Å². The van der Waals surface area contributed by atoms with E-state index in [1.165, 1.54) is 0 Å². The fraction of sp³-hybridized carbons (Fsp3) is 0.571. The second-order valence-electron chi connectivity index (χ2n) is 5.27. The van der Waals surface area contributed by atoms with E-state index in [4.69, 9.17) is 5.73 Å². The van der Waals surface area contributed by atoms with Gasteiger partial charge in [-0.25, -0.2) is 0 Å². The minimum absolute atomic E-state index is 0.217. The zero-order chi connectivity index (χ0) is 13.8. The predicted octanol–water partition coefficient (Wildman–Crippen LogP) is 2.07. The molecule has 1 aromatic carbocycles. The summed E-state index contributed by atoms with van der Waals surface area (Å²) in [5, 5.41) is 10.9. The van der Waals surface area contributed by atoms with Crippen molar-refractivity contribution in [2.24, 2.45) is 11.7 Å². The standard InChI is InChI=1S/C14H21N3O2/c1-11-13(3-2-4-14(11)17(18)19)10-16-7-5-12(9-15)6-8-16/h2-4,12H,5-10,15H2,1H3. The number of nitrogens with two attached hydrogens (primary N) is 1. The molecule has 0 spiro atoms. The van der Waals surface area contributed by atoms with Crippen LogP contribution >= 0.6 is 0 Å². The average Bonchev–Trinajstić information content (AvgIpc) is 2.41. The van der Waals surface area contributed by atoms with Gasteiger partial charge >= 0.3 is 0 Å². The van der Waals surface area contributed by atoms with Crippen LogP contribution in [0.5, 0.6) is 0 Å². The van der Waals surface area contributed by atoms with E-state index in [2.05, 4.69) is 4.90 Å². The van der Waals surface area contributed by atoms with E-state index in [1.807, 2.05) is 13.0 Å². The van der Waals surface area contributed by atoms with Crippen molar-refractivity contribution in [1.82, 2.24) is 4.90 Å². The van der Waals surface area contributed by atoms with Gasteiger partial charge in [0.05, 0.1) is 4.92 Å². The topological polar surface area (TPSA) is 72.4 Å². The summed E-state index contributed by atoms with van der Waals surface area (Å²) < 4.78 is 0. The molecule has 1 aromatic rings. The van der Waals surface area contributed by atoms with E-state index in [1.54, 1.807) is 12.1 Å². The van der Waals surface area contributed by atoms with E-state index in [0.29, 0.717) is 5.92 Å². The number of hydrogen-bond acceptors (Lipinski definition) is 4. The van der Waals surface area contributed by atoms with Crippen molar-refractivity contribution < 1.29 is 4.92 Å². The van der Waals surface area contributed by atoms with Crippen LogP contribution in [0, 0.1) is 23.0 Å². The molecule has 19 heavy (non-hydrogen) atoms. The van der Waals surface area contributed by atoms with Crippen molar-refractivity contribution in [3.63, 3.8) is 0 Å². The molecule has 0 radical (unpaired) electrons. The molecule has 0 saturated carbocycles. The smallest absolute Gasteiger partial charge is 0.272 e. The Morgan fingerprint density at radius 1 is 1.42 bits per heavy atom. The molecule has 0 bridgehead atoms. The number of likely N-dealkylation sites (tertiary alicyclic amines) is 1. The van der Waals surface area contributed by atoms with Crippen LogP contribution in [-0.2, 0) is 6.54 Å². The lowest BCUT2D eigenvalue weighted by molar-refractivity contribution is -0.385. The van der Waals surface area contributed by atoms with Gasteiger partial charge in [-0.15, -0.1) is 0 Å². The summed E-state index contributed by atoms with van der Waals surface area (Å²) in [6, 6.07) is 5.32. The molecular formula is C14H21N3O2. The number of piperidine rings is 1. The van der Waals surface area contributed by atoms with Gasteiger partial charge in [0.25, 0.3) is 5.69 Å². The number of benzene rings is 1. The number of nitro benzene ring substituents is 1. The van der Waals surface area contributed by atoms with Gasteiger partial charge in [-0.1, -0.05) is 12.1 Å². The van der Waals surface area contributed by atoms with Crippen LogP contribution in [0.3, 0.4) is 0 Å². The molecule has 1 fully saturated rings. The van der Waals surface area contributed by atoms with Crippen molar-refractivity contribution in [3.8, 4) is 0 Å². The van der Waals surface area contributed by atoms with Crippen molar-refractivity contribution in [2.75, 3.05) is 19.6 Å². The fourth-order valence-electron chi connectivity index (χ4n) is 2.66. The Hall–Kier alpha value is -1.46. The monoisotopic (exact) mass is 263 g/mol. The molecule has 2 N–H and O–H groups in total. The zero-order valence-corrected chi connectivity index (χ0v) is 11.3. The molecular weight excluding hydrogens is 242 g/mol. The lowest BCUT2D eigenvalue weighted by Crippen LogP contribution is -2.35. The summed E-state index contributed by atoms with van der Waals surface area (Å²) in [4.78, 5) is 13.0. The molecule has 0 atom stereocenters. The molecule has 1 aliphatic rings. The van der Waals surface area contributed by atoms with E-state index < -0.39 is 0 Å². The van der Waals surface area contributed by atoms with Crippen LogP contribution in [0.4, 0.5) is 5.69 Å². The van der Waals surface area contributed by atoms with Crippen LogP contribution in [0.15, 0.2) is 18.2 Å². The first kappa shape index (κ1) is 14.0. The van der Waals surface area contributed by atoms with Gasteiger partial charge in [-0.3, -0.25) is 15.0 Å². The van der Waals surface area contributed by atoms with Gasteiger partial charge in [0.2, 0.25) is 0 Å². The highest BCUT2D eigenvalue weighted by Gasteiger charge is 2.20. The number of nitro groups is 1. The van der Waals surface area contributed by atoms with Gasteiger partial charge in [-0.05, 0) is 50.9 Å². The molecule has 1 heterocycles. The third-order valence-electron chi connectivity index (χ3n) is 4.05. The second-order valence-corrected chi connectivity index (χ2v) is 5.27. The third-order valence-corrected chi connectivity index (χ3v) is 4.05. The first-order chi connectivity index (χ1) is 9.11. The van der Waals surface area contributed by atoms with Gasteiger partial charge < -0.3 is 5.73 Å². The van der Waals surface area contributed by atoms with Crippen LogP contribution in [0.2, 0.25) is 0 Å². The Balaban J connectivity index is 2.04. The molecule has 5 nitrogen and oxygen atoms in total. The maximum absolute atomic E-state index is 10.9. The summed E-state index contributed by atoms with van der Waals surface area (Å²) in [7, 11) is 0. The maximum atomic E-state index is 10.9. The normalized spacial score (nSPS) is 17.6. The summed E-state index contributed by atoms with van der Waals surface area (Å²) >= 11 is 0. The Labute approximate surface area is 113 Å². The Morgan fingerprint density at radius 3 is 2.68 bits per heavy atom. The Kier molecular flexibility index (Phi) is 4.50. The average molecular weight is 263 g/mol. The van der Waals surface area contributed by atoms with Crippen molar-refractivity contribution in [1.29, 1.82) is 0 Å². The quantitative estimate of drug-likeness (QED) is 0.666. The first-order valence-corrected chi connectivity index (χ1v) is 6.77. The van der Waals surface area contributed by atoms with Gasteiger partial charge in [0, 0.05) is 18.2 Å². The highest BCUT2D eigenvalue weighted by atomic mass is 16.6. The summed E-state index contributed by atoms with van der Waals surface area (Å²) in [6.07, 6.45) is 2.26. The molecule has 1 saturated heterocycles. The SMILES string of the molecule is Cc1c(CN2CCC(CN)CC2)cccc1[N+](=O)[O-]. The molecule has 5 heteroatoms. The largest absolute Gasteiger partial charge is 0.330 e. The minimum Gasteiger partial charge on any atom is -0.330 e. The molecule has 1 aliphatic heterocycles. The van der Waals surface area contributed by atoms with E-state index in [0.717, 1.165) is 50.1 Å². The summed E-state index contributed by atoms with van der Waals surface area (Å²) in [5.41, 5.74) is 7.74. The van der Waals surface area contributed by atoms with Gasteiger partial charge in [0.1, 0.15) is 0 Å². The fourth-order valence-corrected chi connectivity index (χ4v) is 2.66. The molecule has 0 amide bonds. The number of rotatable bonds is 4. The molecule has 104 valence electrons. The van der Waals surface area contributed by atoms with Gasteiger partial charge in [-0.2, -0.15) is 0 Å². The highest BCUT2D eigenvalue weighted by Crippen LogP contribution is 2.24. The molecule has 0 aliphatic carbocycles. The van der Waals surface area contributed by atoms with Crippen LogP contribution in [0.1, 0.15) is 24.0 Å². The predicted molar refractivity (Wildman–Crippen MR) is 74.9 cm³/mol. The van der Waals surface area contributed by atoms with E-state index >= 15 is 0 Å². The van der Waals surface area contributed by atoms with Crippen LogP contribution in [-0.4, -0.2) is 29.5 Å². The Morgan fingerprint density at radius 2 is 2.11 bits per heavy atom. The number of hydrogen-bond donors (Lipinski definition) is 1. The Bertz CT molecular complexity index is 454. The first-order valence-electron chi connectivity index (χ1n) is 6.77. The van der Waals surface area contributed by atoms with E-state index in [-0.39, 0.29) is 10.6 Å². The number of nitrogens with zero attached hydrogens (tertiary/aromatic N) is 2. The molecule has 0 aromatic heterocycles. The van der Waals surface area contributed by atoms with E-state index in [9.17, 15) is 10.1 Å². The maximum Gasteiger partial charge on any atom is 0.272 e. The summed E-state index contributed by atoms with van der Waals surface area (Å²) in [5.74, 6) is 0.641. The van der Waals surface area contributed by atoms with Gasteiger partial charge in [0.15, 0.2) is 0 Å². The summed E-state index contributed by atoms with van der Waals surface area (Å²) in [6.45, 7) is 5.46. The molecule has 0 unspecified atom stereocenters. The highest BCUT2D eigenvalue weighted by molar-refractivity contribution is 5.44. The molecule has 2 rings (SSSR count).